The maximum atomic E-state index is 12.9. The first kappa shape index (κ1) is 71.9. The maximum absolute atomic E-state index is 12.9. The lowest BCUT2D eigenvalue weighted by atomic mass is 10.0. The number of ether oxygens (including phenoxy) is 3. The molecule has 0 fully saturated rings. The summed E-state index contributed by atoms with van der Waals surface area (Å²) in [5.74, 6) is -0.847. The van der Waals surface area contributed by atoms with Gasteiger partial charge in [-0.1, -0.05) is 328 Å². The summed E-state index contributed by atoms with van der Waals surface area (Å²) >= 11 is 0. The van der Waals surface area contributed by atoms with E-state index in [1.165, 1.54) is 263 Å². The molecule has 0 aliphatic carbocycles. The van der Waals surface area contributed by atoms with Crippen molar-refractivity contribution in [2.45, 2.75) is 380 Å². The first-order valence-electron chi connectivity index (χ1n) is 33.3. The third kappa shape index (κ3) is 60.8. The van der Waals surface area contributed by atoms with Crippen molar-refractivity contribution in [1.82, 2.24) is 0 Å². The molecule has 0 spiro atoms. The van der Waals surface area contributed by atoms with E-state index >= 15 is 0 Å². The molecular formula is C68H128O6. The van der Waals surface area contributed by atoms with Crippen molar-refractivity contribution in [1.29, 1.82) is 0 Å². The Labute approximate surface area is 462 Å². The van der Waals surface area contributed by atoms with Crippen molar-refractivity contribution in [2.75, 3.05) is 13.2 Å². The Hall–Kier alpha value is -2.11. The summed E-state index contributed by atoms with van der Waals surface area (Å²) in [6, 6.07) is 0. The predicted molar refractivity (Wildman–Crippen MR) is 321 cm³/mol. The number of esters is 3. The SMILES string of the molecule is CCCCC/C=C\C/C=C\CCCCCCCCCC(=O)OC(COC(=O)CCCCCCCCCCCCCCCC)COC(=O)CCCCCCCCCCCCCCCCCCCCCCCCCCC. The lowest BCUT2D eigenvalue weighted by molar-refractivity contribution is -0.167. The lowest BCUT2D eigenvalue weighted by Crippen LogP contribution is -2.30. The summed E-state index contributed by atoms with van der Waals surface area (Å²) in [7, 11) is 0. The van der Waals surface area contributed by atoms with Crippen LogP contribution in [0.4, 0.5) is 0 Å². The van der Waals surface area contributed by atoms with E-state index in [0.717, 1.165) is 70.6 Å². The van der Waals surface area contributed by atoms with Crippen molar-refractivity contribution in [3.05, 3.63) is 24.3 Å². The fourth-order valence-corrected chi connectivity index (χ4v) is 10.2. The maximum Gasteiger partial charge on any atom is 0.306 e. The van der Waals surface area contributed by atoms with Gasteiger partial charge in [0.25, 0.3) is 0 Å². The van der Waals surface area contributed by atoms with Crippen LogP contribution in [0.5, 0.6) is 0 Å². The van der Waals surface area contributed by atoms with E-state index in [1.54, 1.807) is 0 Å². The van der Waals surface area contributed by atoms with Gasteiger partial charge in [0.1, 0.15) is 13.2 Å². The molecule has 0 N–H and O–H groups in total. The lowest BCUT2D eigenvalue weighted by Gasteiger charge is -2.18. The molecule has 0 aromatic heterocycles. The van der Waals surface area contributed by atoms with Crippen LogP contribution in [0.2, 0.25) is 0 Å². The number of unbranched alkanes of at least 4 members (excludes halogenated alkanes) is 47. The van der Waals surface area contributed by atoms with Crippen LogP contribution in [0.1, 0.15) is 374 Å². The number of hydrogen-bond acceptors (Lipinski definition) is 6. The molecule has 0 rings (SSSR count). The second-order valence-electron chi connectivity index (χ2n) is 22.7. The Morgan fingerprint density at radius 1 is 0.270 bits per heavy atom. The number of hydrogen-bond donors (Lipinski definition) is 0. The van der Waals surface area contributed by atoms with Crippen LogP contribution in [0.25, 0.3) is 0 Å². The van der Waals surface area contributed by atoms with Gasteiger partial charge in [-0.3, -0.25) is 14.4 Å². The van der Waals surface area contributed by atoms with Crippen molar-refractivity contribution in [3.8, 4) is 0 Å². The van der Waals surface area contributed by atoms with Crippen LogP contribution in [-0.4, -0.2) is 37.2 Å². The van der Waals surface area contributed by atoms with Crippen molar-refractivity contribution < 1.29 is 28.6 Å². The highest BCUT2D eigenvalue weighted by atomic mass is 16.6. The van der Waals surface area contributed by atoms with Gasteiger partial charge in [-0.25, -0.2) is 0 Å². The summed E-state index contributed by atoms with van der Waals surface area (Å²) in [6.07, 6.45) is 76.2. The van der Waals surface area contributed by atoms with E-state index in [2.05, 4.69) is 45.1 Å². The number of carbonyl (C=O) groups is 3. The largest absolute Gasteiger partial charge is 0.462 e. The van der Waals surface area contributed by atoms with Gasteiger partial charge in [0.15, 0.2) is 6.10 Å². The molecule has 0 bridgehead atoms. The first-order valence-corrected chi connectivity index (χ1v) is 33.3. The quantitative estimate of drug-likeness (QED) is 0.0261. The van der Waals surface area contributed by atoms with Gasteiger partial charge in [0.05, 0.1) is 0 Å². The van der Waals surface area contributed by atoms with E-state index in [1.807, 2.05) is 0 Å². The van der Waals surface area contributed by atoms with Gasteiger partial charge in [0, 0.05) is 19.3 Å². The Balaban J connectivity index is 4.23. The first-order chi connectivity index (χ1) is 36.5. The molecule has 1 unspecified atom stereocenters. The van der Waals surface area contributed by atoms with Crippen LogP contribution >= 0.6 is 0 Å². The zero-order valence-electron chi connectivity index (χ0n) is 50.1. The van der Waals surface area contributed by atoms with Crippen molar-refractivity contribution in [2.24, 2.45) is 0 Å². The zero-order valence-corrected chi connectivity index (χ0v) is 50.1. The number of carbonyl (C=O) groups excluding carboxylic acids is 3. The van der Waals surface area contributed by atoms with Gasteiger partial charge in [0.2, 0.25) is 0 Å². The Kier molecular flexibility index (Phi) is 61.6. The average Bonchev–Trinajstić information content (AvgIpc) is 3.40. The second kappa shape index (κ2) is 63.4. The number of rotatable bonds is 62. The molecule has 0 amide bonds. The molecule has 0 aromatic carbocycles. The van der Waals surface area contributed by atoms with Crippen LogP contribution in [0.15, 0.2) is 24.3 Å². The van der Waals surface area contributed by atoms with E-state index in [9.17, 15) is 14.4 Å². The van der Waals surface area contributed by atoms with E-state index < -0.39 is 6.10 Å². The molecule has 0 radical (unpaired) electrons. The third-order valence-electron chi connectivity index (χ3n) is 15.2. The molecule has 436 valence electrons. The monoisotopic (exact) mass is 1040 g/mol. The molecule has 6 heteroatoms. The summed E-state index contributed by atoms with van der Waals surface area (Å²) in [4.78, 5) is 38.3. The topological polar surface area (TPSA) is 78.9 Å². The fraction of sp³-hybridized carbons (Fsp3) is 0.897. The van der Waals surface area contributed by atoms with E-state index in [0.29, 0.717) is 19.3 Å². The highest BCUT2D eigenvalue weighted by Crippen LogP contribution is 2.18. The van der Waals surface area contributed by atoms with Crippen LogP contribution < -0.4 is 0 Å². The summed E-state index contributed by atoms with van der Waals surface area (Å²) < 4.78 is 17.0. The van der Waals surface area contributed by atoms with E-state index in [4.69, 9.17) is 14.2 Å². The summed E-state index contributed by atoms with van der Waals surface area (Å²) in [5.41, 5.74) is 0. The van der Waals surface area contributed by atoms with Crippen LogP contribution in [-0.2, 0) is 28.6 Å². The highest BCUT2D eigenvalue weighted by Gasteiger charge is 2.19. The van der Waals surface area contributed by atoms with Crippen LogP contribution in [0.3, 0.4) is 0 Å². The van der Waals surface area contributed by atoms with Crippen molar-refractivity contribution in [3.63, 3.8) is 0 Å². The van der Waals surface area contributed by atoms with Gasteiger partial charge in [-0.15, -0.1) is 0 Å². The smallest absolute Gasteiger partial charge is 0.306 e. The molecule has 0 heterocycles. The second-order valence-corrected chi connectivity index (χ2v) is 22.7. The minimum atomic E-state index is -0.772. The van der Waals surface area contributed by atoms with Gasteiger partial charge in [-0.05, 0) is 51.4 Å². The van der Waals surface area contributed by atoms with Gasteiger partial charge >= 0.3 is 17.9 Å². The Morgan fingerprint density at radius 3 is 0.770 bits per heavy atom. The van der Waals surface area contributed by atoms with Gasteiger partial charge < -0.3 is 14.2 Å². The molecule has 74 heavy (non-hydrogen) atoms. The molecule has 0 saturated carbocycles. The third-order valence-corrected chi connectivity index (χ3v) is 15.2. The fourth-order valence-electron chi connectivity index (χ4n) is 10.2. The highest BCUT2D eigenvalue weighted by molar-refractivity contribution is 5.71. The van der Waals surface area contributed by atoms with Gasteiger partial charge in [-0.2, -0.15) is 0 Å². The molecular weight excluding hydrogens is 913 g/mol. The standard InChI is InChI=1S/C68H128O6/c1-4-7-10-13-16-19-22-25-28-30-31-32-33-34-35-36-37-39-40-43-46-49-52-55-58-61-67(70)73-64-65(63-72-66(69)60-57-54-51-48-45-42-27-24-21-18-15-12-9-6-3)74-68(71)62-59-56-53-50-47-44-41-38-29-26-23-20-17-14-11-8-5-2/h17,20,26,29,65H,4-16,18-19,21-25,27-28,30-64H2,1-3H3/b20-17-,29-26-. The van der Waals surface area contributed by atoms with E-state index in [-0.39, 0.29) is 31.1 Å². The molecule has 6 nitrogen and oxygen atoms in total. The predicted octanol–water partition coefficient (Wildman–Crippen LogP) is 22.6. The molecule has 0 aliphatic rings. The minimum Gasteiger partial charge on any atom is -0.462 e. The molecule has 1 atom stereocenters. The van der Waals surface area contributed by atoms with Crippen LogP contribution in [0, 0.1) is 0 Å². The molecule has 0 aliphatic heterocycles. The van der Waals surface area contributed by atoms with Crippen molar-refractivity contribution >= 4 is 17.9 Å². The minimum absolute atomic E-state index is 0.0684. The Bertz CT molecular complexity index is 1190. The summed E-state index contributed by atoms with van der Waals surface area (Å²) in [6.45, 7) is 6.68. The zero-order chi connectivity index (χ0) is 53.6. The normalized spacial score (nSPS) is 12.1. The Morgan fingerprint density at radius 2 is 0.486 bits per heavy atom. The number of allylic oxidation sites excluding steroid dienone is 4. The molecule has 0 saturated heterocycles. The molecule has 0 aromatic rings. The average molecular weight is 1040 g/mol. The summed E-state index contributed by atoms with van der Waals surface area (Å²) in [5, 5.41) is 0.